The molecule has 0 saturated carbocycles. The van der Waals surface area contributed by atoms with Crippen LogP contribution in [-0.4, -0.2) is 31.4 Å². The second-order valence-corrected chi connectivity index (χ2v) is 3.49. The van der Waals surface area contributed by atoms with Gasteiger partial charge in [-0.25, -0.2) is 8.78 Å². The normalized spacial score (nSPS) is 10.0. The molecule has 0 radical (unpaired) electrons. The van der Waals surface area contributed by atoms with Crippen molar-refractivity contribution in [3.8, 4) is 0 Å². The molecule has 0 aliphatic rings. The number of hydrogen-bond acceptors (Lipinski definition) is 3. The van der Waals surface area contributed by atoms with Gasteiger partial charge in [0, 0.05) is 20.2 Å². The van der Waals surface area contributed by atoms with Crippen LogP contribution in [0.1, 0.15) is 0 Å². The molecule has 16 heavy (non-hydrogen) atoms. The Labute approximate surface area is 92.0 Å². The second-order valence-electron chi connectivity index (χ2n) is 3.49. The predicted octanol–water partition coefficient (Wildman–Crippen LogP) is 1.05. The second kappa shape index (κ2) is 4.78. The number of carbonyl (C=O) groups is 1. The van der Waals surface area contributed by atoms with Crippen LogP contribution in [0.4, 0.5) is 20.2 Å². The molecule has 4 nitrogen and oxygen atoms in total. The van der Waals surface area contributed by atoms with E-state index in [1.807, 2.05) is 0 Å². The zero-order valence-corrected chi connectivity index (χ0v) is 9.05. The molecule has 0 spiro atoms. The highest BCUT2D eigenvalue weighted by Gasteiger charge is 2.10. The highest BCUT2D eigenvalue weighted by atomic mass is 19.1. The summed E-state index contributed by atoms with van der Waals surface area (Å²) in [5, 5.41) is 2.58. The summed E-state index contributed by atoms with van der Waals surface area (Å²) in [6.07, 6.45) is 0. The molecule has 1 rings (SSSR count). The zero-order valence-electron chi connectivity index (χ0n) is 9.05. The van der Waals surface area contributed by atoms with E-state index in [1.165, 1.54) is 4.90 Å². The van der Waals surface area contributed by atoms with Crippen LogP contribution in [-0.2, 0) is 4.79 Å². The zero-order chi connectivity index (χ0) is 12.3. The third-order valence-corrected chi connectivity index (χ3v) is 2.02. The highest BCUT2D eigenvalue weighted by molar-refractivity contribution is 5.81. The SMILES string of the molecule is CN(C)C(=O)CNc1cc(F)cc(F)c1N. The maximum absolute atomic E-state index is 13.0. The van der Waals surface area contributed by atoms with E-state index in [9.17, 15) is 13.6 Å². The third-order valence-electron chi connectivity index (χ3n) is 2.02. The topological polar surface area (TPSA) is 58.4 Å². The van der Waals surface area contributed by atoms with E-state index >= 15 is 0 Å². The predicted molar refractivity (Wildman–Crippen MR) is 58.0 cm³/mol. The summed E-state index contributed by atoms with van der Waals surface area (Å²) in [5.74, 6) is -1.81. The van der Waals surface area contributed by atoms with Crippen molar-refractivity contribution in [3.05, 3.63) is 23.8 Å². The Morgan fingerprint density at radius 1 is 1.44 bits per heavy atom. The first-order valence-corrected chi connectivity index (χ1v) is 4.60. The van der Waals surface area contributed by atoms with Crippen LogP contribution in [0.25, 0.3) is 0 Å². The number of halogens is 2. The Balaban J connectivity index is 2.78. The first-order chi connectivity index (χ1) is 7.41. The van der Waals surface area contributed by atoms with Crippen molar-refractivity contribution in [2.24, 2.45) is 0 Å². The standard InChI is InChI=1S/C10H13F2N3O/c1-15(2)9(16)5-14-8-4-6(11)3-7(12)10(8)13/h3-4,14H,5,13H2,1-2H3. The number of hydrogen-bond donors (Lipinski definition) is 2. The van der Waals surface area contributed by atoms with Crippen LogP contribution in [0.15, 0.2) is 12.1 Å². The average Bonchev–Trinajstić information content (AvgIpc) is 2.20. The quantitative estimate of drug-likeness (QED) is 0.761. The summed E-state index contributed by atoms with van der Waals surface area (Å²) in [4.78, 5) is 12.6. The fourth-order valence-corrected chi connectivity index (χ4v) is 1.06. The largest absolute Gasteiger partial charge is 0.395 e. The fourth-order valence-electron chi connectivity index (χ4n) is 1.06. The van der Waals surface area contributed by atoms with Crippen molar-refractivity contribution < 1.29 is 13.6 Å². The third kappa shape index (κ3) is 2.82. The summed E-state index contributed by atoms with van der Waals surface area (Å²) >= 11 is 0. The lowest BCUT2D eigenvalue weighted by Crippen LogP contribution is -2.28. The van der Waals surface area contributed by atoms with Gasteiger partial charge in [0.25, 0.3) is 0 Å². The van der Waals surface area contributed by atoms with Gasteiger partial charge in [0.15, 0.2) is 5.82 Å². The molecule has 0 aliphatic carbocycles. The van der Waals surface area contributed by atoms with Gasteiger partial charge in [0.2, 0.25) is 5.91 Å². The first-order valence-electron chi connectivity index (χ1n) is 4.60. The molecule has 0 aromatic heterocycles. The van der Waals surface area contributed by atoms with Crippen molar-refractivity contribution in [1.82, 2.24) is 4.90 Å². The van der Waals surface area contributed by atoms with Crippen LogP contribution in [0.3, 0.4) is 0 Å². The van der Waals surface area contributed by atoms with E-state index < -0.39 is 11.6 Å². The minimum atomic E-state index is -0.847. The first kappa shape index (κ1) is 12.2. The monoisotopic (exact) mass is 229 g/mol. The van der Waals surface area contributed by atoms with Gasteiger partial charge in [-0.15, -0.1) is 0 Å². The molecule has 6 heteroatoms. The number of benzene rings is 1. The lowest BCUT2D eigenvalue weighted by Gasteiger charge is -2.13. The van der Waals surface area contributed by atoms with Crippen molar-refractivity contribution >= 4 is 17.3 Å². The van der Waals surface area contributed by atoms with Gasteiger partial charge < -0.3 is 16.0 Å². The van der Waals surface area contributed by atoms with Crippen molar-refractivity contribution in [2.45, 2.75) is 0 Å². The van der Waals surface area contributed by atoms with Gasteiger partial charge in [-0.2, -0.15) is 0 Å². The molecular formula is C10H13F2N3O. The van der Waals surface area contributed by atoms with E-state index in [-0.39, 0.29) is 23.8 Å². The minimum absolute atomic E-state index is 0.0694. The molecule has 0 aliphatic heterocycles. The van der Waals surface area contributed by atoms with E-state index in [1.54, 1.807) is 14.1 Å². The fraction of sp³-hybridized carbons (Fsp3) is 0.300. The van der Waals surface area contributed by atoms with Gasteiger partial charge in [0.05, 0.1) is 17.9 Å². The van der Waals surface area contributed by atoms with Gasteiger partial charge in [-0.05, 0) is 6.07 Å². The summed E-state index contributed by atoms with van der Waals surface area (Å²) in [7, 11) is 3.17. The molecule has 1 aromatic rings. The molecular weight excluding hydrogens is 216 g/mol. The average molecular weight is 229 g/mol. The van der Waals surface area contributed by atoms with Crippen LogP contribution in [0, 0.1) is 11.6 Å². The van der Waals surface area contributed by atoms with Crippen LogP contribution in [0.5, 0.6) is 0 Å². The molecule has 3 N–H and O–H groups in total. The summed E-state index contributed by atoms with van der Waals surface area (Å²) in [5.41, 5.74) is 5.26. The minimum Gasteiger partial charge on any atom is -0.395 e. The van der Waals surface area contributed by atoms with Gasteiger partial charge in [-0.3, -0.25) is 4.79 Å². The number of nitrogens with zero attached hydrogens (tertiary/aromatic N) is 1. The number of anilines is 2. The van der Waals surface area contributed by atoms with Crippen LogP contribution in [0.2, 0.25) is 0 Å². The molecule has 1 amide bonds. The molecule has 0 saturated heterocycles. The number of nitrogens with one attached hydrogen (secondary N) is 1. The maximum Gasteiger partial charge on any atom is 0.241 e. The van der Waals surface area contributed by atoms with E-state index in [0.717, 1.165) is 6.07 Å². The van der Waals surface area contributed by atoms with Gasteiger partial charge in [-0.1, -0.05) is 0 Å². The van der Waals surface area contributed by atoms with Gasteiger partial charge in [0.1, 0.15) is 5.82 Å². The Morgan fingerprint density at radius 2 is 2.06 bits per heavy atom. The molecule has 88 valence electrons. The molecule has 0 unspecified atom stereocenters. The van der Waals surface area contributed by atoms with Crippen LogP contribution >= 0.6 is 0 Å². The van der Waals surface area contributed by atoms with E-state index in [2.05, 4.69) is 5.32 Å². The van der Waals surface area contributed by atoms with Crippen molar-refractivity contribution in [2.75, 3.05) is 31.7 Å². The summed E-state index contributed by atoms with van der Waals surface area (Å²) in [6, 6.07) is 1.73. The lowest BCUT2D eigenvalue weighted by atomic mass is 10.2. The van der Waals surface area contributed by atoms with E-state index in [4.69, 9.17) is 5.73 Å². The molecule has 0 atom stereocenters. The number of nitrogen functional groups attached to an aromatic ring is 1. The molecule has 1 aromatic carbocycles. The van der Waals surface area contributed by atoms with E-state index in [0.29, 0.717) is 6.07 Å². The smallest absolute Gasteiger partial charge is 0.241 e. The summed E-state index contributed by atoms with van der Waals surface area (Å²) < 4.78 is 25.9. The Hall–Kier alpha value is -1.85. The molecule has 0 bridgehead atoms. The summed E-state index contributed by atoms with van der Waals surface area (Å²) in [6.45, 7) is -0.0694. The highest BCUT2D eigenvalue weighted by Crippen LogP contribution is 2.22. The van der Waals surface area contributed by atoms with Gasteiger partial charge >= 0.3 is 0 Å². The maximum atomic E-state index is 13.0. The molecule has 0 heterocycles. The number of amides is 1. The number of nitrogens with two attached hydrogens (primary N) is 1. The number of carbonyl (C=O) groups excluding carboxylic acids is 1. The van der Waals surface area contributed by atoms with Crippen molar-refractivity contribution in [3.63, 3.8) is 0 Å². The van der Waals surface area contributed by atoms with Crippen molar-refractivity contribution in [1.29, 1.82) is 0 Å². The number of rotatable bonds is 3. The lowest BCUT2D eigenvalue weighted by molar-refractivity contribution is -0.126. The number of likely N-dealkylation sites (N-methyl/N-ethyl adjacent to an activating group) is 1. The Bertz CT molecular complexity index is 407. The Morgan fingerprint density at radius 3 is 2.62 bits per heavy atom. The molecule has 0 fully saturated rings. The Kier molecular flexibility index (Phi) is 3.65. The van der Waals surface area contributed by atoms with Crippen LogP contribution < -0.4 is 11.1 Å².